The molecule has 0 amide bonds. The molecular formula is C16H27ClNO4P. The van der Waals surface area contributed by atoms with E-state index in [1.807, 2.05) is 31.3 Å². The Labute approximate surface area is 144 Å². The van der Waals surface area contributed by atoms with Gasteiger partial charge in [-0.1, -0.05) is 23.7 Å². The maximum absolute atomic E-state index is 12.3. The van der Waals surface area contributed by atoms with Crippen molar-refractivity contribution < 1.29 is 18.9 Å². The minimum absolute atomic E-state index is 0.183. The molecule has 0 aromatic heterocycles. The van der Waals surface area contributed by atoms with Gasteiger partial charge in [0.2, 0.25) is 6.03 Å². The molecule has 0 aliphatic rings. The second kappa shape index (κ2) is 10.4. The van der Waals surface area contributed by atoms with Crippen molar-refractivity contribution >= 4 is 19.0 Å². The van der Waals surface area contributed by atoms with Gasteiger partial charge in [0.1, 0.15) is 0 Å². The monoisotopic (exact) mass is 363 g/mol. The maximum atomic E-state index is 12.3. The zero-order chi connectivity index (χ0) is 17.3. The van der Waals surface area contributed by atoms with Crippen molar-refractivity contribution in [3.8, 4) is 0 Å². The number of hydrogen-bond donors (Lipinski definition) is 1. The van der Waals surface area contributed by atoms with Gasteiger partial charge in [0.05, 0.1) is 0 Å². The molecule has 1 rings (SSSR count). The first-order valence-corrected chi connectivity index (χ1v) is 10.2. The SMILES string of the molecule is CCOC(OCC)P(=O)(O)CCCN(C)Cc1ccc(Cl)cc1. The molecule has 132 valence electrons. The Balaban J connectivity index is 2.41. The van der Waals surface area contributed by atoms with E-state index in [-0.39, 0.29) is 6.16 Å². The van der Waals surface area contributed by atoms with Crippen LogP contribution in [0.2, 0.25) is 5.02 Å². The smallest absolute Gasteiger partial charge is 0.255 e. The van der Waals surface area contributed by atoms with Crippen LogP contribution >= 0.6 is 19.0 Å². The highest BCUT2D eigenvalue weighted by Crippen LogP contribution is 2.47. The molecule has 1 atom stereocenters. The van der Waals surface area contributed by atoms with Gasteiger partial charge in [-0.15, -0.1) is 0 Å². The largest absolute Gasteiger partial charge is 0.345 e. The van der Waals surface area contributed by atoms with Gasteiger partial charge in [-0.2, -0.15) is 0 Å². The highest BCUT2D eigenvalue weighted by Gasteiger charge is 2.31. The first-order chi connectivity index (χ1) is 10.9. The molecule has 0 saturated heterocycles. The molecule has 0 heterocycles. The molecule has 1 aromatic rings. The quantitative estimate of drug-likeness (QED) is 0.479. The second-order valence-corrected chi connectivity index (χ2v) is 8.23. The van der Waals surface area contributed by atoms with E-state index in [2.05, 4.69) is 4.90 Å². The van der Waals surface area contributed by atoms with Gasteiger partial charge in [-0.25, -0.2) is 0 Å². The fourth-order valence-electron chi connectivity index (χ4n) is 2.22. The van der Waals surface area contributed by atoms with Crippen molar-refractivity contribution in [1.29, 1.82) is 0 Å². The predicted molar refractivity (Wildman–Crippen MR) is 94.1 cm³/mol. The maximum Gasteiger partial charge on any atom is 0.255 e. The van der Waals surface area contributed by atoms with Gasteiger partial charge in [-0.3, -0.25) is 4.57 Å². The summed E-state index contributed by atoms with van der Waals surface area (Å²) in [6.45, 7) is 5.76. The van der Waals surface area contributed by atoms with Gasteiger partial charge < -0.3 is 19.3 Å². The van der Waals surface area contributed by atoms with E-state index in [4.69, 9.17) is 21.1 Å². The number of nitrogens with zero attached hydrogens (tertiary/aromatic N) is 1. The van der Waals surface area contributed by atoms with Crippen LogP contribution in [0.4, 0.5) is 0 Å². The molecule has 0 radical (unpaired) electrons. The van der Waals surface area contributed by atoms with Crippen LogP contribution in [0.25, 0.3) is 0 Å². The molecule has 7 heteroatoms. The summed E-state index contributed by atoms with van der Waals surface area (Å²) in [6, 6.07) is 6.67. The number of benzene rings is 1. The Kier molecular flexibility index (Phi) is 9.37. The van der Waals surface area contributed by atoms with Gasteiger partial charge >= 0.3 is 0 Å². The molecule has 0 aliphatic heterocycles. The molecule has 0 spiro atoms. The van der Waals surface area contributed by atoms with Crippen molar-refractivity contribution in [2.45, 2.75) is 32.8 Å². The van der Waals surface area contributed by atoms with Crippen molar-refractivity contribution in [1.82, 2.24) is 4.90 Å². The second-order valence-electron chi connectivity index (χ2n) is 5.41. The lowest BCUT2D eigenvalue weighted by Crippen LogP contribution is -2.23. The van der Waals surface area contributed by atoms with Crippen molar-refractivity contribution in [3.63, 3.8) is 0 Å². The van der Waals surface area contributed by atoms with Gasteiger partial charge in [0.25, 0.3) is 7.37 Å². The van der Waals surface area contributed by atoms with Crippen LogP contribution < -0.4 is 0 Å². The minimum Gasteiger partial charge on any atom is -0.345 e. The van der Waals surface area contributed by atoms with Crippen LogP contribution in [0.3, 0.4) is 0 Å². The fourth-order valence-corrected chi connectivity index (χ4v) is 3.91. The third-order valence-electron chi connectivity index (χ3n) is 3.33. The predicted octanol–water partition coefficient (Wildman–Crippen LogP) is 3.79. The molecule has 0 saturated carbocycles. The fraction of sp³-hybridized carbons (Fsp3) is 0.625. The average molecular weight is 364 g/mol. The van der Waals surface area contributed by atoms with Crippen LogP contribution in [-0.4, -0.2) is 48.8 Å². The summed E-state index contributed by atoms with van der Waals surface area (Å²) in [6.07, 6.45) is 0.789. The summed E-state index contributed by atoms with van der Waals surface area (Å²) in [5, 5.41) is 0.718. The van der Waals surface area contributed by atoms with E-state index in [0.717, 1.165) is 23.7 Å². The van der Waals surface area contributed by atoms with Crippen LogP contribution in [-0.2, 0) is 20.6 Å². The highest BCUT2D eigenvalue weighted by atomic mass is 35.5. The van der Waals surface area contributed by atoms with Crippen LogP contribution in [0, 0.1) is 0 Å². The summed E-state index contributed by atoms with van der Waals surface area (Å²) in [5.41, 5.74) is 1.16. The Morgan fingerprint density at radius 1 is 1.22 bits per heavy atom. The van der Waals surface area contributed by atoms with E-state index in [0.29, 0.717) is 19.6 Å². The Morgan fingerprint density at radius 2 is 1.78 bits per heavy atom. The molecule has 0 bridgehead atoms. The highest BCUT2D eigenvalue weighted by molar-refractivity contribution is 7.58. The number of hydrogen-bond acceptors (Lipinski definition) is 4. The summed E-state index contributed by atoms with van der Waals surface area (Å²) < 4.78 is 22.8. The number of ether oxygens (including phenoxy) is 2. The van der Waals surface area contributed by atoms with Gasteiger partial charge in [0.15, 0.2) is 0 Å². The summed E-state index contributed by atoms with van der Waals surface area (Å²) >= 11 is 5.87. The molecular weight excluding hydrogens is 337 g/mol. The molecule has 1 unspecified atom stereocenters. The number of halogens is 1. The van der Waals surface area contributed by atoms with Gasteiger partial charge in [-0.05, 0) is 51.6 Å². The lowest BCUT2D eigenvalue weighted by atomic mass is 10.2. The van der Waals surface area contributed by atoms with Crippen molar-refractivity contribution in [3.05, 3.63) is 34.9 Å². The Morgan fingerprint density at radius 3 is 2.30 bits per heavy atom. The van der Waals surface area contributed by atoms with E-state index in [9.17, 15) is 9.46 Å². The number of rotatable bonds is 11. The standard InChI is InChI=1S/C16H27ClNO4P/c1-4-21-16(22-5-2)23(19,20)12-6-11-18(3)13-14-7-9-15(17)10-8-14/h7-10,16H,4-6,11-13H2,1-3H3,(H,19,20). The molecule has 1 aromatic carbocycles. The van der Waals surface area contributed by atoms with E-state index >= 15 is 0 Å². The van der Waals surface area contributed by atoms with E-state index < -0.39 is 13.4 Å². The van der Waals surface area contributed by atoms with E-state index in [1.165, 1.54) is 0 Å². The molecule has 1 N–H and O–H groups in total. The summed E-state index contributed by atoms with van der Waals surface area (Å²) in [4.78, 5) is 12.3. The van der Waals surface area contributed by atoms with Crippen molar-refractivity contribution in [2.75, 3.05) is 33.0 Å². The zero-order valence-corrected chi connectivity index (χ0v) is 15.7. The molecule has 0 aliphatic carbocycles. The third-order valence-corrected chi connectivity index (χ3v) is 5.50. The molecule has 5 nitrogen and oxygen atoms in total. The lowest BCUT2D eigenvalue weighted by Gasteiger charge is -2.23. The first kappa shape index (κ1) is 20.6. The summed E-state index contributed by atoms with van der Waals surface area (Å²) in [5.74, 6) is 0. The lowest BCUT2D eigenvalue weighted by molar-refractivity contribution is -0.0871. The average Bonchev–Trinajstić information content (AvgIpc) is 2.49. The van der Waals surface area contributed by atoms with Crippen LogP contribution in [0.1, 0.15) is 25.8 Å². The van der Waals surface area contributed by atoms with Crippen LogP contribution in [0.5, 0.6) is 0 Å². The zero-order valence-electron chi connectivity index (χ0n) is 14.1. The normalized spacial score (nSPS) is 14.4. The molecule has 0 fully saturated rings. The topological polar surface area (TPSA) is 59.0 Å². The summed E-state index contributed by atoms with van der Waals surface area (Å²) in [7, 11) is -1.48. The molecule has 23 heavy (non-hydrogen) atoms. The third kappa shape index (κ3) is 7.79. The van der Waals surface area contributed by atoms with Gasteiger partial charge in [0, 0.05) is 30.9 Å². The van der Waals surface area contributed by atoms with E-state index in [1.54, 1.807) is 13.8 Å². The Bertz CT molecular complexity index is 491. The minimum atomic E-state index is -3.47. The van der Waals surface area contributed by atoms with Crippen LogP contribution in [0.15, 0.2) is 24.3 Å². The Hall–Kier alpha value is -0.420. The van der Waals surface area contributed by atoms with Crippen molar-refractivity contribution in [2.24, 2.45) is 0 Å². The first-order valence-electron chi connectivity index (χ1n) is 7.86.